The predicted octanol–water partition coefficient (Wildman–Crippen LogP) is 3.00. The number of nitrogens with zero attached hydrogens (tertiary/aromatic N) is 1. The fourth-order valence-electron chi connectivity index (χ4n) is 3.14. The molecule has 1 aliphatic rings. The molecule has 142 valence electrons. The van der Waals surface area contributed by atoms with Gasteiger partial charge in [-0.2, -0.15) is 0 Å². The molecular weight excluding hydrogens is 344 g/mol. The summed E-state index contributed by atoms with van der Waals surface area (Å²) in [4.78, 5) is 26.7. The molecule has 1 atom stereocenters. The molecule has 1 N–H and O–H groups in total. The van der Waals surface area contributed by atoms with E-state index < -0.39 is 0 Å². The second-order valence-corrected chi connectivity index (χ2v) is 6.75. The molecule has 0 saturated carbocycles. The molecular formula is C21H24N2O4. The van der Waals surface area contributed by atoms with Gasteiger partial charge in [0.1, 0.15) is 11.5 Å². The Labute approximate surface area is 159 Å². The Morgan fingerprint density at radius 1 is 1.11 bits per heavy atom. The molecule has 1 saturated heterocycles. The number of amides is 2. The first-order valence-electron chi connectivity index (χ1n) is 8.85. The molecule has 1 heterocycles. The Balaban J connectivity index is 1.64. The number of carbonyl (C=O) groups excluding carboxylic acids is 2. The van der Waals surface area contributed by atoms with E-state index in [1.807, 2.05) is 31.2 Å². The van der Waals surface area contributed by atoms with Gasteiger partial charge in [-0.25, -0.2) is 0 Å². The van der Waals surface area contributed by atoms with Gasteiger partial charge >= 0.3 is 0 Å². The Hall–Kier alpha value is -3.02. The van der Waals surface area contributed by atoms with Crippen molar-refractivity contribution < 1.29 is 19.1 Å². The average Bonchev–Trinajstić information content (AvgIpc) is 3.04. The molecule has 6 nitrogen and oxygen atoms in total. The lowest BCUT2D eigenvalue weighted by atomic mass is 10.1. The first-order chi connectivity index (χ1) is 13.0. The van der Waals surface area contributed by atoms with Gasteiger partial charge in [-0.1, -0.05) is 29.8 Å². The molecule has 0 aliphatic carbocycles. The summed E-state index contributed by atoms with van der Waals surface area (Å²) < 4.78 is 10.4. The molecule has 0 bridgehead atoms. The lowest BCUT2D eigenvalue weighted by Gasteiger charge is -2.17. The van der Waals surface area contributed by atoms with Crippen LogP contribution in [0.4, 0.5) is 5.69 Å². The Morgan fingerprint density at radius 3 is 2.33 bits per heavy atom. The fourth-order valence-corrected chi connectivity index (χ4v) is 3.14. The third kappa shape index (κ3) is 4.58. The van der Waals surface area contributed by atoms with Gasteiger partial charge in [0, 0.05) is 43.4 Å². The molecule has 1 aliphatic heterocycles. The van der Waals surface area contributed by atoms with E-state index in [9.17, 15) is 9.59 Å². The molecule has 6 heteroatoms. The molecule has 0 aromatic heterocycles. The van der Waals surface area contributed by atoms with E-state index in [1.54, 1.807) is 37.3 Å². The highest BCUT2D eigenvalue weighted by molar-refractivity contribution is 5.97. The summed E-state index contributed by atoms with van der Waals surface area (Å²) >= 11 is 0. The maximum atomic E-state index is 12.6. The molecule has 0 unspecified atom stereocenters. The van der Waals surface area contributed by atoms with E-state index >= 15 is 0 Å². The quantitative estimate of drug-likeness (QED) is 0.851. The first-order valence-corrected chi connectivity index (χ1v) is 8.85. The van der Waals surface area contributed by atoms with Crippen LogP contribution in [-0.4, -0.2) is 37.5 Å². The number of carbonyl (C=O) groups is 2. The normalized spacial score (nSPS) is 16.3. The molecule has 0 spiro atoms. The monoisotopic (exact) mass is 368 g/mol. The van der Waals surface area contributed by atoms with Crippen LogP contribution in [0.2, 0.25) is 0 Å². The lowest BCUT2D eigenvalue weighted by Crippen LogP contribution is -2.28. The highest BCUT2D eigenvalue weighted by Gasteiger charge is 2.34. The number of rotatable bonds is 6. The van der Waals surface area contributed by atoms with Gasteiger partial charge in [0.25, 0.3) is 0 Å². The molecule has 2 aromatic carbocycles. The van der Waals surface area contributed by atoms with E-state index in [1.165, 1.54) is 5.56 Å². The number of hydrogen-bond acceptors (Lipinski definition) is 4. The third-order valence-corrected chi connectivity index (χ3v) is 4.70. The third-order valence-electron chi connectivity index (χ3n) is 4.70. The number of methoxy groups -OCH3 is 2. The maximum Gasteiger partial charge on any atom is 0.229 e. The van der Waals surface area contributed by atoms with Gasteiger partial charge in [0.2, 0.25) is 11.8 Å². The van der Waals surface area contributed by atoms with E-state index in [2.05, 4.69) is 5.32 Å². The molecule has 27 heavy (non-hydrogen) atoms. The summed E-state index contributed by atoms with van der Waals surface area (Å²) in [5.41, 5.74) is 2.82. The zero-order valence-electron chi connectivity index (χ0n) is 15.8. The van der Waals surface area contributed by atoms with Crippen LogP contribution < -0.4 is 14.8 Å². The Bertz CT molecular complexity index is 810. The van der Waals surface area contributed by atoms with Gasteiger partial charge in [-0.15, -0.1) is 0 Å². The Kier molecular flexibility index (Phi) is 5.64. The van der Waals surface area contributed by atoms with Crippen LogP contribution in [-0.2, 0) is 16.1 Å². The van der Waals surface area contributed by atoms with Crippen LogP contribution in [0.25, 0.3) is 0 Å². The van der Waals surface area contributed by atoms with Crippen molar-refractivity contribution in [1.82, 2.24) is 4.90 Å². The fraction of sp³-hybridized carbons (Fsp3) is 0.333. The highest BCUT2D eigenvalue weighted by Crippen LogP contribution is 2.27. The second kappa shape index (κ2) is 8.12. The number of nitrogens with one attached hydrogen (secondary N) is 1. The Morgan fingerprint density at radius 2 is 1.74 bits per heavy atom. The lowest BCUT2D eigenvalue weighted by molar-refractivity contribution is -0.128. The zero-order valence-corrected chi connectivity index (χ0v) is 15.8. The van der Waals surface area contributed by atoms with Crippen molar-refractivity contribution in [3.63, 3.8) is 0 Å². The second-order valence-electron chi connectivity index (χ2n) is 6.75. The zero-order chi connectivity index (χ0) is 19.4. The van der Waals surface area contributed by atoms with Crippen molar-refractivity contribution >= 4 is 17.5 Å². The summed E-state index contributed by atoms with van der Waals surface area (Å²) in [5.74, 6) is 0.630. The van der Waals surface area contributed by atoms with E-state index in [0.29, 0.717) is 30.3 Å². The van der Waals surface area contributed by atoms with Crippen molar-refractivity contribution in [3.05, 3.63) is 53.6 Å². The van der Waals surface area contributed by atoms with Crippen molar-refractivity contribution in [2.75, 3.05) is 26.1 Å². The number of aryl methyl sites for hydroxylation is 1. The number of hydrogen-bond donors (Lipinski definition) is 1. The van der Waals surface area contributed by atoms with Gasteiger partial charge in [-0.3, -0.25) is 9.59 Å². The number of anilines is 1. The molecule has 2 amide bonds. The van der Waals surface area contributed by atoms with Crippen LogP contribution in [0.15, 0.2) is 42.5 Å². The minimum absolute atomic E-state index is 0.000974. The van der Waals surface area contributed by atoms with Gasteiger partial charge in [0.05, 0.1) is 20.1 Å². The van der Waals surface area contributed by atoms with Crippen molar-refractivity contribution in [2.24, 2.45) is 5.92 Å². The summed E-state index contributed by atoms with van der Waals surface area (Å²) in [7, 11) is 3.11. The van der Waals surface area contributed by atoms with Crippen molar-refractivity contribution in [1.29, 1.82) is 0 Å². The minimum atomic E-state index is -0.375. The van der Waals surface area contributed by atoms with Crippen molar-refractivity contribution in [3.8, 4) is 11.5 Å². The number of ether oxygens (including phenoxy) is 2. The summed E-state index contributed by atoms with van der Waals surface area (Å²) in [5, 5.41) is 2.87. The van der Waals surface area contributed by atoms with Crippen LogP contribution in [0.1, 0.15) is 17.5 Å². The minimum Gasteiger partial charge on any atom is -0.497 e. The number of benzene rings is 2. The smallest absolute Gasteiger partial charge is 0.229 e. The SMILES string of the molecule is COc1cc(NC(=O)[C@H]2CC(=O)N(Cc3ccc(C)cc3)C2)cc(OC)c1. The van der Waals surface area contributed by atoms with Crippen LogP contribution in [0.3, 0.4) is 0 Å². The standard InChI is InChI=1S/C21H24N2O4/c1-14-4-6-15(7-5-14)12-23-13-16(8-20(23)24)21(25)22-17-9-18(26-2)11-19(10-17)27-3/h4-7,9-11,16H,8,12-13H2,1-3H3,(H,22,25)/t16-/m0/s1. The van der Waals surface area contributed by atoms with Gasteiger partial charge in [-0.05, 0) is 12.5 Å². The van der Waals surface area contributed by atoms with E-state index in [-0.39, 0.29) is 24.2 Å². The topological polar surface area (TPSA) is 67.9 Å². The number of likely N-dealkylation sites (tertiary alicyclic amines) is 1. The van der Waals surface area contributed by atoms with Crippen molar-refractivity contribution in [2.45, 2.75) is 19.9 Å². The molecule has 0 radical (unpaired) electrons. The molecule has 1 fully saturated rings. The van der Waals surface area contributed by atoms with E-state index in [0.717, 1.165) is 5.56 Å². The average molecular weight is 368 g/mol. The van der Waals surface area contributed by atoms with Gasteiger partial charge < -0.3 is 19.7 Å². The van der Waals surface area contributed by atoms with Crippen LogP contribution >= 0.6 is 0 Å². The molecule has 2 aromatic rings. The summed E-state index contributed by atoms with van der Waals surface area (Å²) in [6, 6.07) is 13.3. The molecule has 3 rings (SSSR count). The van der Waals surface area contributed by atoms with Crippen LogP contribution in [0, 0.1) is 12.8 Å². The first kappa shape index (κ1) is 18.8. The summed E-state index contributed by atoms with van der Waals surface area (Å²) in [6.45, 7) is 2.97. The maximum absolute atomic E-state index is 12.6. The highest BCUT2D eigenvalue weighted by atomic mass is 16.5. The van der Waals surface area contributed by atoms with Crippen LogP contribution in [0.5, 0.6) is 11.5 Å². The predicted molar refractivity (Wildman–Crippen MR) is 103 cm³/mol. The van der Waals surface area contributed by atoms with E-state index in [4.69, 9.17) is 9.47 Å². The largest absolute Gasteiger partial charge is 0.497 e. The summed E-state index contributed by atoms with van der Waals surface area (Å²) in [6.07, 6.45) is 0.221. The van der Waals surface area contributed by atoms with Gasteiger partial charge in [0.15, 0.2) is 0 Å².